The summed E-state index contributed by atoms with van der Waals surface area (Å²) in [4.78, 5) is 29.5. The number of imidazole rings is 1. The van der Waals surface area contributed by atoms with Crippen LogP contribution < -0.4 is 5.32 Å². The summed E-state index contributed by atoms with van der Waals surface area (Å²) in [5.74, 6) is -0.610. The van der Waals surface area contributed by atoms with Crippen LogP contribution in [0.2, 0.25) is 0 Å². The normalized spacial score (nSPS) is 10.6. The summed E-state index contributed by atoms with van der Waals surface area (Å²) < 4.78 is 6.42. The van der Waals surface area contributed by atoms with E-state index in [1.54, 1.807) is 12.4 Å². The summed E-state index contributed by atoms with van der Waals surface area (Å²) in [6.45, 7) is 7.63. The molecular formula is C22H23N3O3. The second-order valence-corrected chi connectivity index (χ2v) is 6.77. The molecule has 0 saturated carbocycles. The van der Waals surface area contributed by atoms with Crippen molar-refractivity contribution >= 4 is 23.3 Å². The van der Waals surface area contributed by atoms with Crippen molar-refractivity contribution in [2.45, 2.75) is 27.7 Å². The molecule has 1 aromatic heterocycles. The Bertz CT molecular complexity index is 1050. The van der Waals surface area contributed by atoms with Gasteiger partial charge in [0.1, 0.15) is 6.33 Å². The quantitative estimate of drug-likeness (QED) is 0.685. The van der Waals surface area contributed by atoms with E-state index in [2.05, 4.69) is 10.3 Å². The summed E-state index contributed by atoms with van der Waals surface area (Å²) in [6.07, 6.45) is 4.66. The van der Waals surface area contributed by atoms with Crippen molar-refractivity contribution in [3.8, 4) is 0 Å². The van der Waals surface area contributed by atoms with E-state index >= 15 is 0 Å². The number of aryl methyl sites for hydroxylation is 3. The van der Waals surface area contributed by atoms with Gasteiger partial charge in [-0.25, -0.2) is 9.78 Å². The zero-order chi connectivity index (χ0) is 20.4. The average Bonchev–Trinajstić information content (AvgIpc) is 3.21. The van der Waals surface area contributed by atoms with Gasteiger partial charge in [0.25, 0.3) is 5.91 Å². The molecule has 0 fully saturated rings. The summed E-state index contributed by atoms with van der Waals surface area (Å²) in [7, 11) is 1.36. The highest BCUT2D eigenvalue weighted by Gasteiger charge is 2.22. The molecule has 3 aromatic rings. The van der Waals surface area contributed by atoms with Crippen molar-refractivity contribution in [2.75, 3.05) is 12.4 Å². The van der Waals surface area contributed by atoms with E-state index in [1.165, 1.54) is 18.0 Å². The molecule has 28 heavy (non-hydrogen) atoms. The van der Waals surface area contributed by atoms with Gasteiger partial charge < -0.3 is 10.1 Å². The molecule has 0 amide bonds. The number of benzene rings is 2. The minimum atomic E-state index is -0.420. The van der Waals surface area contributed by atoms with Gasteiger partial charge in [0.2, 0.25) is 0 Å². The van der Waals surface area contributed by atoms with Crippen LogP contribution in [0.4, 0.5) is 11.4 Å². The number of anilines is 2. The summed E-state index contributed by atoms with van der Waals surface area (Å²) in [5, 5.41) is 3.32. The van der Waals surface area contributed by atoms with Crippen LogP contribution >= 0.6 is 0 Å². The van der Waals surface area contributed by atoms with Gasteiger partial charge in [-0.1, -0.05) is 18.2 Å². The van der Waals surface area contributed by atoms with Crippen LogP contribution in [0.3, 0.4) is 0 Å². The van der Waals surface area contributed by atoms with Crippen LogP contribution in [0.25, 0.3) is 0 Å². The molecule has 0 aliphatic heterocycles. The summed E-state index contributed by atoms with van der Waals surface area (Å²) in [6, 6.07) is 7.63. The van der Waals surface area contributed by atoms with Gasteiger partial charge in [-0.15, -0.1) is 0 Å². The second-order valence-electron chi connectivity index (χ2n) is 6.77. The molecule has 0 radical (unpaired) electrons. The molecule has 144 valence electrons. The van der Waals surface area contributed by atoms with Gasteiger partial charge in [-0.2, -0.15) is 0 Å². The second kappa shape index (κ2) is 7.68. The fraction of sp³-hybridized carbons (Fsp3) is 0.227. The first-order valence-electron chi connectivity index (χ1n) is 8.93. The maximum Gasteiger partial charge on any atom is 0.340 e. The average molecular weight is 377 g/mol. The Hall–Kier alpha value is -3.41. The molecule has 0 bridgehead atoms. The highest BCUT2D eigenvalue weighted by molar-refractivity contribution is 6.05. The lowest BCUT2D eigenvalue weighted by atomic mass is 9.98. The van der Waals surface area contributed by atoms with Gasteiger partial charge in [-0.05, 0) is 56.0 Å². The van der Waals surface area contributed by atoms with Crippen LogP contribution in [0.1, 0.15) is 43.0 Å². The van der Waals surface area contributed by atoms with Gasteiger partial charge in [0.15, 0.2) is 0 Å². The fourth-order valence-electron chi connectivity index (χ4n) is 3.18. The Labute approximate surface area is 164 Å². The number of aromatic nitrogens is 2. The first-order chi connectivity index (χ1) is 13.3. The first-order valence-corrected chi connectivity index (χ1v) is 8.93. The van der Waals surface area contributed by atoms with Gasteiger partial charge in [0, 0.05) is 12.4 Å². The van der Waals surface area contributed by atoms with E-state index in [0.29, 0.717) is 22.5 Å². The van der Waals surface area contributed by atoms with Crippen molar-refractivity contribution < 1.29 is 14.3 Å². The molecule has 2 aromatic carbocycles. The van der Waals surface area contributed by atoms with E-state index in [0.717, 1.165) is 22.3 Å². The van der Waals surface area contributed by atoms with Gasteiger partial charge in [0.05, 0.1) is 29.6 Å². The van der Waals surface area contributed by atoms with E-state index in [1.807, 2.05) is 52.0 Å². The first kappa shape index (κ1) is 19.4. The van der Waals surface area contributed by atoms with E-state index in [-0.39, 0.29) is 5.91 Å². The highest BCUT2D eigenvalue weighted by atomic mass is 16.5. The molecule has 1 heterocycles. The predicted molar refractivity (Wildman–Crippen MR) is 108 cm³/mol. The largest absolute Gasteiger partial charge is 0.465 e. The Kier molecular flexibility index (Phi) is 5.31. The van der Waals surface area contributed by atoms with Crippen molar-refractivity contribution in [3.05, 3.63) is 76.4 Å². The minimum Gasteiger partial charge on any atom is -0.465 e. The van der Waals surface area contributed by atoms with Crippen molar-refractivity contribution in [1.29, 1.82) is 0 Å². The molecule has 1 N–H and O–H groups in total. The van der Waals surface area contributed by atoms with Gasteiger partial charge in [-0.3, -0.25) is 9.36 Å². The third kappa shape index (κ3) is 3.41. The standard InChI is InChI=1S/C22H23N3O3/c1-13-8-9-17(19(16(13)4)22(27)28-5)24-20-15(3)7-6-14(2)18(20)21(26)25-11-10-23-12-25/h6-12,24H,1-5H3. The number of methoxy groups -OCH3 is 1. The smallest absolute Gasteiger partial charge is 0.340 e. The molecule has 0 unspecified atom stereocenters. The van der Waals surface area contributed by atoms with Crippen molar-refractivity contribution in [3.63, 3.8) is 0 Å². The van der Waals surface area contributed by atoms with Crippen LogP contribution in [0.5, 0.6) is 0 Å². The lowest BCUT2D eigenvalue weighted by Gasteiger charge is -2.19. The topological polar surface area (TPSA) is 73.2 Å². The molecule has 0 saturated heterocycles. The Morgan fingerprint density at radius 1 is 0.964 bits per heavy atom. The highest BCUT2D eigenvalue weighted by Crippen LogP contribution is 2.32. The van der Waals surface area contributed by atoms with Crippen molar-refractivity contribution in [2.24, 2.45) is 0 Å². The van der Waals surface area contributed by atoms with E-state index in [9.17, 15) is 9.59 Å². The predicted octanol–water partition coefficient (Wildman–Crippen LogP) is 4.34. The maximum absolute atomic E-state index is 13.1. The molecule has 6 heteroatoms. The number of carbonyl (C=O) groups is 2. The molecule has 0 atom stereocenters. The minimum absolute atomic E-state index is 0.190. The molecule has 3 rings (SSSR count). The van der Waals surface area contributed by atoms with Crippen LogP contribution in [0.15, 0.2) is 43.0 Å². The molecule has 0 aliphatic carbocycles. The third-order valence-corrected chi connectivity index (χ3v) is 4.96. The number of nitrogens with one attached hydrogen (secondary N) is 1. The number of ether oxygens (including phenoxy) is 1. The third-order valence-electron chi connectivity index (χ3n) is 4.96. The van der Waals surface area contributed by atoms with Crippen LogP contribution in [0, 0.1) is 27.7 Å². The van der Waals surface area contributed by atoms with E-state index in [4.69, 9.17) is 4.74 Å². The lowest BCUT2D eigenvalue weighted by molar-refractivity contribution is 0.0601. The Balaban J connectivity index is 2.17. The van der Waals surface area contributed by atoms with Crippen LogP contribution in [-0.4, -0.2) is 28.5 Å². The molecule has 0 aliphatic rings. The zero-order valence-corrected chi connectivity index (χ0v) is 16.7. The summed E-state index contributed by atoms with van der Waals surface area (Å²) >= 11 is 0. The Morgan fingerprint density at radius 3 is 2.29 bits per heavy atom. The number of hydrogen-bond donors (Lipinski definition) is 1. The molecule has 6 nitrogen and oxygen atoms in total. The van der Waals surface area contributed by atoms with Gasteiger partial charge >= 0.3 is 5.97 Å². The molecule has 0 spiro atoms. The summed E-state index contributed by atoms with van der Waals surface area (Å²) in [5.41, 5.74) is 5.80. The van der Waals surface area contributed by atoms with E-state index < -0.39 is 5.97 Å². The number of nitrogens with zero attached hydrogens (tertiary/aromatic N) is 2. The van der Waals surface area contributed by atoms with Crippen LogP contribution in [-0.2, 0) is 4.74 Å². The number of carbonyl (C=O) groups excluding carboxylic acids is 2. The monoisotopic (exact) mass is 377 g/mol. The number of hydrogen-bond acceptors (Lipinski definition) is 5. The number of esters is 1. The van der Waals surface area contributed by atoms with Crippen molar-refractivity contribution in [1.82, 2.24) is 9.55 Å². The maximum atomic E-state index is 13.1. The fourth-order valence-corrected chi connectivity index (χ4v) is 3.18. The SMILES string of the molecule is COC(=O)c1c(Nc2c(C)ccc(C)c2C(=O)n2ccnc2)ccc(C)c1C. The number of rotatable bonds is 4. The lowest BCUT2D eigenvalue weighted by Crippen LogP contribution is -2.16. The zero-order valence-electron chi connectivity index (χ0n) is 16.7. The Morgan fingerprint density at radius 2 is 1.64 bits per heavy atom. The molecular weight excluding hydrogens is 354 g/mol.